The van der Waals surface area contributed by atoms with Crippen molar-refractivity contribution in [2.45, 2.75) is 24.9 Å². The third-order valence-corrected chi connectivity index (χ3v) is 4.30. The molecule has 1 saturated heterocycles. The van der Waals surface area contributed by atoms with Gasteiger partial charge in [-0.3, -0.25) is 4.90 Å². The van der Waals surface area contributed by atoms with Crippen molar-refractivity contribution in [3.05, 3.63) is 11.8 Å². The fourth-order valence-electron chi connectivity index (χ4n) is 2.16. The van der Waals surface area contributed by atoms with Crippen LogP contribution in [0.5, 0.6) is 0 Å². The van der Waals surface area contributed by atoms with Crippen LogP contribution in [-0.2, 0) is 4.74 Å². The number of hydrogen-bond acceptors (Lipinski definition) is 4. The van der Waals surface area contributed by atoms with Crippen molar-refractivity contribution < 1.29 is 4.74 Å². The summed E-state index contributed by atoms with van der Waals surface area (Å²) >= 11 is 2.01. The Morgan fingerprint density at radius 1 is 1.67 bits per heavy atom. The van der Waals surface area contributed by atoms with Crippen LogP contribution in [0, 0.1) is 0 Å². The maximum absolute atomic E-state index is 6.31. The molecule has 86 valence electrons. The van der Waals surface area contributed by atoms with E-state index in [0.29, 0.717) is 6.04 Å². The lowest BCUT2D eigenvalue weighted by molar-refractivity contribution is 0.204. The van der Waals surface area contributed by atoms with Crippen LogP contribution in [0.3, 0.4) is 0 Å². The molecule has 1 fully saturated rings. The van der Waals surface area contributed by atoms with Crippen LogP contribution < -0.4 is 5.73 Å². The van der Waals surface area contributed by atoms with E-state index in [2.05, 4.69) is 11.9 Å². The van der Waals surface area contributed by atoms with E-state index in [4.69, 9.17) is 10.5 Å². The molecule has 0 aromatic heterocycles. The minimum absolute atomic E-state index is 0.156. The van der Waals surface area contributed by atoms with Crippen LogP contribution in [0.25, 0.3) is 0 Å². The largest absolute Gasteiger partial charge is 0.501 e. The normalized spacial score (nSPS) is 30.5. The van der Waals surface area contributed by atoms with Gasteiger partial charge in [0.05, 0.1) is 12.9 Å². The van der Waals surface area contributed by atoms with Crippen LogP contribution in [0.4, 0.5) is 0 Å². The first-order chi connectivity index (χ1) is 7.29. The van der Waals surface area contributed by atoms with Crippen molar-refractivity contribution >= 4 is 11.8 Å². The fourth-order valence-corrected chi connectivity index (χ4v) is 3.45. The summed E-state index contributed by atoms with van der Waals surface area (Å²) in [5, 5.41) is 0. The summed E-state index contributed by atoms with van der Waals surface area (Å²) in [5.41, 5.74) is 7.60. The summed E-state index contributed by atoms with van der Waals surface area (Å²) in [6.07, 6.45) is 4.11. The van der Waals surface area contributed by atoms with Gasteiger partial charge >= 0.3 is 0 Å². The van der Waals surface area contributed by atoms with Gasteiger partial charge in [-0.1, -0.05) is 0 Å². The molecule has 0 spiro atoms. The molecule has 2 aliphatic rings. The van der Waals surface area contributed by atoms with Crippen molar-refractivity contribution in [3.63, 3.8) is 0 Å². The van der Waals surface area contributed by atoms with E-state index in [1.807, 2.05) is 18.0 Å². The smallest absolute Gasteiger partial charge is 0.0876 e. The van der Waals surface area contributed by atoms with Gasteiger partial charge in [-0.2, -0.15) is 11.8 Å². The lowest BCUT2D eigenvalue weighted by Crippen LogP contribution is -2.51. The Balaban J connectivity index is 1.98. The minimum Gasteiger partial charge on any atom is -0.501 e. The van der Waals surface area contributed by atoms with E-state index in [-0.39, 0.29) is 6.04 Å². The predicted octanol–water partition coefficient (Wildman–Crippen LogP) is 1.06. The fraction of sp³-hybridized carbons (Fsp3) is 0.818. The van der Waals surface area contributed by atoms with Crippen LogP contribution >= 0.6 is 11.8 Å². The SMILES string of the molecule is CN1CCSCC1C(N)C1=COCCC1. The summed E-state index contributed by atoms with van der Waals surface area (Å²) in [7, 11) is 2.18. The Labute approximate surface area is 96.0 Å². The van der Waals surface area contributed by atoms with E-state index < -0.39 is 0 Å². The molecule has 2 rings (SSSR count). The average molecular weight is 228 g/mol. The molecular weight excluding hydrogens is 208 g/mol. The number of likely N-dealkylation sites (N-methyl/N-ethyl adjacent to an activating group) is 1. The predicted molar refractivity (Wildman–Crippen MR) is 65.0 cm³/mol. The molecule has 0 saturated carbocycles. The Morgan fingerprint density at radius 3 is 3.20 bits per heavy atom. The highest BCUT2D eigenvalue weighted by Gasteiger charge is 2.28. The second-order valence-electron chi connectivity index (χ2n) is 4.32. The first-order valence-corrected chi connectivity index (χ1v) is 6.78. The standard InChI is InChI=1S/C11H20N2OS/c1-13-4-6-15-8-10(13)11(12)9-3-2-5-14-7-9/h7,10-11H,2-6,8,12H2,1H3. The third-order valence-electron chi connectivity index (χ3n) is 3.25. The average Bonchev–Trinajstić information content (AvgIpc) is 2.30. The van der Waals surface area contributed by atoms with E-state index >= 15 is 0 Å². The summed E-state index contributed by atoms with van der Waals surface area (Å²) in [5.74, 6) is 2.38. The molecule has 2 unspecified atom stereocenters. The van der Waals surface area contributed by atoms with Crippen molar-refractivity contribution in [2.24, 2.45) is 5.73 Å². The van der Waals surface area contributed by atoms with Crippen LogP contribution in [0.1, 0.15) is 12.8 Å². The first-order valence-electron chi connectivity index (χ1n) is 5.63. The number of ether oxygens (including phenoxy) is 1. The Bertz CT molecular complexity index is 245. The lowest BCUT2D eigenvalue weighted by atomic mass is 9.96. The Hall–Kier alpha value is -0.190. The van der Waals surface area contributed by atoms with Crippen molar-refractivity contribution in [1.29, 1.82) is 0 Å². The number of nitrogens with zero attached hydrogens (tertiary/aromatic N) is 1. The van der Waals surface area contributed by atoms with Gasteiger partial charge in [-0.25, -0.2) is 0 Å². The summed E-state index contributed by atoms with van der Waals surface area (Å²) in [6, 6.07) is 0.639. The van der Waals surface area contributed by atoms with Gasteiger partial charge in [0.15, 0.2) is 0 Å². The zero-order valence-electron chi connectivity index (χ0n) is 9.32. The number of nitrogens with two attached hydrogens (primary N) is 1. The zero-order chi connectivity index (χ0) is 10.7. The van der Waals surface area contributed by atoms with Gasteiger partial charge in [0.2, 0.25) is 0 Å². The molecule has 15 heavy (non-hydrogen) atoms. The van der Waals surface area contributed by atoms with E-state index in [1.54, 1.807) is 0 Å². The number of hydrogen-bond donors (Lipinski definition) is 1. The van der Waals surface area contributed by atoms with Crippen molar-refractivity contribution in [3.8, 4) is 0 Å². The molecule has 0 bridgehead atoms. The molecule has 2 heterocycles. The monoisotopic (exact) mass is 228 g/mol. The second-order valence-corrected chi connectivity index (χ2v) is 5.47. The van der Waals surface area contributed by atoms with E-state index in [0.717, 1.165) is 31.7 Å². The van der Waals surface area contributed by atoms with Gasteiger partial charge in [-0.15, -0.1) is 0 Å². The summed E-state index contributed by atoms with van der Waals surface area (Å²) < 4.78 is 5.36. The van der Waals surface area contributed by atoms with Gasteiger partial charge in [-0.05, 0) is 25.5 Å². The quantitative estimate of drug-likeness (QED) is 0.767. The Morgan fingerprint density at radius 2 is 2.53 bits per heavy atom. The maximum atomic E-state index is 6.31. The molecule has 0 amide bonds. The van der Waals surface area contributed by atoms with Gasteiger partial charge in [0, 0.05) is 30.1 Å². The van der Waals surface area contributed by atoms with Crippen molar-refractivity contribution in [1.82, 2.24) is 4.90 Å². The topological polar surface area (TPSA) is 38.5 Å². The number of rotatable bonds is 2. The molecule has 2 aliphatic heterocycles. The van der Waals surface area contributed by atoms with Crippen LogP contribution in [-0.4, -0.2) is 48.7 Å². The molecule has 2 N–H and O–H groups in total. The van der Waals surface area contributed by atoms with Gasteiger partial charge < -0.3 is 10.5 Å². The highest BCUT2D eigenvalue weighted by atomic mass is 32.2. The summed E-state index contributed by atoms with van der Waals surface area (Å²) in [6.45, 7) is 2.00. The second kappa shape index (κ2) is 5.23. The molecule has 0 aromatic rings. The first kappa shape index (κ1) is 11.3. The van der Waals surface area contributed by atoms with Crippen LogP contribution in [0.15, 0.2) is 11.8 Å². The highest BCUT2D eigenvalue weighted by Crippen LogP contribution is 2.23. The molecule has 0 aliphatic carbocycles. The molecule has 0 aromatic carbocycles. The van der Waals surface area contributed by atoms with E-state index in [9.17, 15) is 0 Å². The van der Waals surface area contributed by atoms with Gasteiger partial charge in [0.25, 0.3) is 0 Å². The summed E-state index contributed by atoms with van der Waals surface area (Å²) in [4.78, 5) is 2.39. The highest BCUT2D eigenvalue weighted by molar-refractivity contribution is 7.99. The maximum Gasteiger partial charge on any atom is 0.0876 e. The molecular formula is C11H20N2OS. The molecule has 3 nitrogen and oxygen atoms in total. The van der Waals surface area contributed by atoms with Crippen LogP contribution in [0.2, 0.25) is 0 Å². The molecule has 2 atom stereocenters. The third kappa shape index (κ3) is 2.68. The van der Waals surface area contributed by atoms with E-state index in [1.165, 1.54) is 11.3 Å². The zero-order valence-corrected chi connectivity index (χ0v) is 10.1. The Kier molecular flexibility index (Phi) is 3.94. The molecule has 4 heteroatoms. The lowest BCUT2D eigenvalue weighted by Gasteiger charge is -2.37. The van der Waals surface area contributed by atoms with Gasteiger partial charge in [0.1, 0.15) is 0 Å². The number of thioether (sulfide) groups is 1. The molecule has 0 radical (unpaired) electrons. The van der Waals surface area contributed by atoms with Crippen molar-refractivity contribution in [2.75, 3.05) is 31.7 Å². The minimum atomic E-state index is 0.156.